The summed E-state index contributed by atoms with van der Waals surface area (Å²) in [6, 6.07) is 0. The van der Waals surface area contributed by atoms with Gasteiger partial charge in [-0.05, 0) is 41.4 Å². The number of hydrogen-bond donors (Lipinski definition) is 0. The van der Waals surface area contributed by atoms with E-state index in [0.717, 1.165) is 17.8 Å². The first-order chi connectivity index (χ1) is 7.41. The second kappa shape index (κ2) is 7.88. The van der Waals surface area contributed by atoms with Crippen LogP contribution in [0.2, 0.25) is 0 Å². The molecular weight excluding hydrogens is 235 g/mol. The average Bonchev–Trinajstić information content (AvgIpc) is 2.04. The summed E-state index contributed by atoms with van der Waals surface area (Å²) >= 11 is 0. The zero-order valence-electron chi connectivity index (χ0n) is 14.6. The second-order valence-electron chi connectivity index (χ2n) is 8.83. The highest BCUT2D eigenvalue weighted by molar-refractivity contribution is 6.92. The van der Waals surface area contributed by atoms with Crippen LogP contribution in [-0.2, 0) is 0 Å². The fourth-order valence-corrected chi connectivity index (χ4v) is 2.33. The third-order valence-electron chi connectivity index (χ3n) is 3.82. The van der Waals surface area contributed by atoms with Crippen LogP contribution in [0, 0.1) is 28.6 Å². The molecule has 0 aromatic carbocycles. The Morgan fingerprint density at radius 2 is 1.11 bits per heavy atom. The van der Waals surface area contributed by atoms with Crippen LogP contribution in [0.15, 0.2) is 0 Å². The summed E-state index contributed by atoms with van der Waals surface area (Å²) in [6.45, 7) is 20.7. The van der Waals surface area contributed by atoms with E-state index in [0.29, 0.717) is 10.8 Å². The molecule has 1 heteroatoms. The minimum Gasteiger partial charge on any atom is -0.153 e. The van der Waals surface area contributed by atoms with E-state index in [9.17, 15) is 0 Å². The fourth-order valence-electron chi connectivity index (χ4n) is 2.33. The Morgan fingerprint density at radius 1 is 0.722 bits per heavy atom. The van der Waals surface area contributed by atoms with Crippen molar-refractivity contribution in [1.29, 1.82) is 0 Å². The predicted octanol–water partition coefficient (Wildman–Crippen LogP) is 6.22. The van der Waals surface area contributed by atoms with Crippen LogP contribution in [0.3, 0.4) is 0 Å². The zero-order chi connectivity index (χ0) is 13.9. The van der Waals surface area contributed by atoms with Gasteiger partial charge in [-0.2, -0.15) is 9.90 Å². The molecule has 0 N–H and O–H groups in total. The molecule has 0 radical (unpaired) electrons. The average molecular weight is 274 g/mol. The zero-order valence-corrected chi connectivity index (χ0v) is 16.0. The maximum atomic E-state index is 2.42. The first-order valence-electron chi connectivity index (χ1n) is 7.41. The number of rotatable bonds is 0. The lowest BCUT2D eigenvalue weighted by Gasteiger charge is -2.39. The van der Waals surface area contributed by atoms with Crippen molar-refractivity contribution >= 4 is 9.90 Å². The summed E-state index contributed by atoms with van der Waals surface area (Å²) < 4.78 is 0. The third kappa shape index (κ3) is 10.4. The first-order valence-corrected chi connectivity index (χ1v) is 7.41. The summed E-state index contributed by atoms with van der Waals surface area (Å²) in [5.74, 6) is 2.87. The van der Waals surface area contributed by atoms with E-state index in [1.54, 1.807) is 0 Å². The molecule has 0 aromatic heterocycles. The normalized spacial score (nSPS) is 28.8. The molecule has 1 rings (SSSR count). The van der Waals surface area contributed by atoms with Crippen molar-refractivity contribution in [1.82, 2.24) is 0 Å². The van der Waals surface area contributed by atoms with Gasteiger partial charge in [-0.25, -0.2) is 0 Å². The molecule has 18 heavy (non-hydrogen) atoms. The maximum Gasteiger partial charge on any atom is -0.0354 e. The summed E-state index contributed by atoms with van der Waals surface area (Å²) in [5.41, 5.74) is 1.04. The van der Waals surface area contributed by atoms with Crippen molar-refractivity contribution in [2.24, 2.45) is 28.6 Å². The highest BCUT2D eigenvalue weighted by Crippen LogP contribution is 2.42. The van der Waals surface area contributed by atoms with Crippen molar-refractivity contribution in [3.63, 3.8) is 0 Å². The van der Waals surface area contributed by atoms with Crippen LogP contribution >= 0.6 is 9.90 Å². The maximum absolute atomic E-state index is 2.42. The van der Waals surface area contributed by atoms with Gasteiger partial charge in [0, 0.05) is 0 Å². The Morgan fingerprint density at radius 3 is 1.39 bits per heavy atom. The fraction of sp³-hybridized carbons (Fsp3) is 1.00. The molecule has 0 bridgehead atoms. The Kier molecular flexibility index (Phi) is 9.08. The molecule has 1 aliphatic carbocycles. The Labute approximate surface area is 120 Å². The van der Waals surface area contributed by atoms with E-state index in [1.165, 1.54) is 19.3 Å². The van der Waals surface area contributed by atoms with Crippen LogP contribution in [0.5, 0.6) is 0 Å². The summed E-state index contributed by atoms with van der Waals surface area (Å²) in [4.78, 5) is 0. The van der Waals surface area contributed by atoms with E-state index < -0.39 is 0 Å². The van der Waals surface area contributed by atoms with Gasteiger partial charge in [-0.15, -0.1) is 0 Å². The minimum absolute atomic E-state index is 0. The molecule has 4 atom stereocenters. The smallest absolute Gasteiger partial charge is 0.0354 e. The lowest BCUT2D eigenvalue weighted by molar-refractivity contribution is 0.114. The quantitative estimate of drug-likeness (QED) is 0.460. The second-order valence-corrected chi connectivity index (χ2v) is 8.83. The van der Waals surface area contributed by atoms with E-state index in [1.807, 2.05) is 0 Å². The molecule has 0 aromatic rings. The molecule has 0 saturated heterocycles. The van der Waals surface area contributed by atoms with Crippen molar-refractivity contribution < 1.29 is 0 Å². The van der Waals surface area contributed by atoms with Gasteiger partial charge in [0.05, 0.1) is 0 Å². The van der Waals surface area contributed by atoms with Gasteiger partial charge in [0.15, 0.2) is 0 Å². The van der Waals surface area contributed by atoms with Gasteiger partial charge < -0.3 is 0 Å². The van der Waals surface area contributed by atoms with Gasteiger partial charge >= 0.3 is 0 Å². The van der Waals surface area contributed by atoms with E-state index in [2.05, 4.69) is 62.3 Å². The Balaban J connectivity index is 0. The highest BCUT2D eigenvalue weighted by Gasteiger charge is 2.31. The molecule has 0 amide bonds. The van der Waals surface area contributed by atoms with Crippen molar-refractivity contribution in [3.8, 4) is 0 Å². The predicted molar refractivity (Wildman–Crippen MR) is 91.4 cm³/mol. The van der Waals surface area contributed by atoms with Crippen LogP contribution in [0.1, 0.15) is 81.6 Å². The van der Waals surface area contributed by atoms with E-state index in [4.69, 9.17) is 0 Å². The van der Waals surface area contributed by atoms with Crippen LogP contribution < -0.4 is 0 Å². The van der Waals surface area contributed by atoms with Crippen molar-refractivity contribution in [2.45, 2.75) is 81.6 Å². The monoisotopic (exact) mass is 274 g/mol. The van der Waals surface area contributed by atoms with E-state index >= 15 is 0 Å². The molecule has 3 unspecified atom stereocenters. The van der Waals surface area contributed by atoms with Gasteiger partial charge in [0.25, 0.3) is 0 Å². The van der Waals surface area contributed by atoms with Crippen molar-refractivity contribution in [3.05, 3.63) is 0 Å². The Hall–Kier alpha value is 0.430. The molecule has 112 valence electrons. The molecule has 1 fully saturated rings. The van der Waals surface area contributed by atoms with Gasteiger partial charge in [0.1, 0.15) is 0 Å². The van der Waals surface area contributed by atoms with Crippen LogP contribution in [0.25, 0.3) is 0 Å². The molecule has 0 heterocycles. The molecule has 0 nitrogen and oxygen atoms in total. The Bertz CT molecular complexity index is 201. The molecule has 1 aliphatic rings. The van der Waals surface area contributed by atoms with Gasteiger partial charge in [-0.1, -0.05) is 68.7 Å². The van der Waals surface area contributed by atoms with Crippen molar-refractivity contribution in [2.75, 3.05) is 0 Å². The van der Waals surface area contributed by atoms with Crippen LogP contribution in [0.4, 0.5) is 0 Å². The molecule has 0 aliphatic heterocycles. The summed E-state index contributed by atoms with van der Waals surface area (Å²) in [6.07, 6.45) is 4.35. The SMILES string of the molecule is CC(C)(C)C.CC1CC(C(C)(C)C)CC[C@@H]1C.P. The topological polar surface area (TPSA) is 0 Å². The number of hydrogen-bond acceptors (Lipinski definition) is 0. The van der Waals surface area contributed by atoms with Gasteiger partial charge in [-0.3, -0.25) is 0 Å². The van der Waals surface area contributed by atoms with Crippen LogP contribution in [-0.4, -0.2) is 0 Å². The standard InChI is InChI=1S/C12H24.C5H12.H3P/c1-9-6-7-11(8-10(9)2)12(3,4)5;1-5(2,3)4;/h9-11H,6-8H2,1-5H3;1-4H3;1H3/t9-,10?,11?;;/m0../s1. The summed E-state index contributed by atoms with van der Waals surface area (Å²) in [7, 11) is 0. The van der Waals surface area contributed by atoms with E-state index in [-0.39, 0.29) is 9.90 Å². The first kappa shape index (κ1) is 20.7. The lowest BCUT2D eigenvalue weighted by Crippen LogP contribution is -2.29. The molecule has 0 spiro atoms. The molecule has 1 saturated carbocycles. The third-order valence-corrected chi connectivity index (χ3v) is 3.82. The lowest BCUT2D eigenvalue weighted by atomic mass is 9.66. The highest BCUT2D eigenvalue weighted by atomic mass is 31.0. The largest absolute Gasteiger partial charge is 0.153 e. The minimum atomic E-state index is 0. The molecular formula is C17H39P. The van der Waals surface area contributed by atoms with Gasteiger partial charge in [0.2, 0.25) is 0 Å². The summed E-state index contributed by atoms with van der Waals surface area (Å²) in [5, 5.41) is 0.